The molecule has 0 saturated heterocycles. The Morgan fingerprint density at radius 2 is 2.20 bits per heavy atom. The highest BCUT2D eigenvalue weighted by molar-refractivity contribution is 5.15. The van der Waals surface area contributed by atoms with Crippen molar-refractivity contribution in [3.8, 4) is 6.07 Å². The van der Waals surface area contributed by atoms with Gasteiger partial charge >= 0.3 is 6.18 Å². The van der Waals surface area contributed by atoms with E-state index in [1.165, 1.54) is 10.9 Å². The van der Waals surface area contributed by atoms with Gasteiger partial charge in [0.2, 0.25) is 0 Å². The lowest BCUT2D eigenvalue weighted by Crippen LogP contribution is -2.50. The van der Waals surface area contributed by atoms with E-state index in [-0.39, 0.29) is 12.5 Å². The van der Waals surface area contributed by atoms with E-state index in [9.17, 15) is 18.4 Å². The average molecular weight is 286 g/mol. The van der Waals surface area contributed by atoms with Crippen molar-refractivity contribution in [3.05, 3.63) is 18.0 Å². The van der Waals surface area contributed by atoms with Crippen molar-refractivity contribution in [2.45, 2.75) is 44.4 Å². The Hall–Kier alpha value is -1.55. The van der Waals surface area contributed by atoms with Gasteiger partial charge in [0.05, 0.1) is 12.6 Å². The number of hydrogen-bond acceptors (Lipinski definition) is 3. The Morgan fingerprint density at radius 1 is 1.50 bits per heavy atom. The lowest BCUT2D eigenvalue weighted by molar-refractivity contribution is -0.141. The van der Waals surface area contributed by atoms with Crippen LogP contribution in [0.4, 0.5) is 13.2 Å². The Morgan fingerprint density at radius 3 is 2.65 bits per heavy atom. The van der Waals surface area contributed by atoms with Gasteiger partial charge in [-0.25, -0.2) is 0 Å². The average Bonchev–Trinajstić information content (AvgIpc) is 3.14. The van der Waals surface area contributed by atoms with E-state index >= 15 is 0 Å². The van der Waals surface area contributed by atoms with Crippen molar-refractivity contribution < 1.29 is 13.2 Å². The molecule has 1 aliphatic rings. The zero-order valence-electron chi connectivity index (χ0n) is 11.2. The molecule has 0 radical (unpaired) electrons. The summed E-state index contributed by atoms with van der Waals surface area (Å²) in [4.78, 5) is 0. The fourth-order valence-electron chi connectivity index (χ4n) is 2.28. The predicted molar refractivity (Wildman–Crippen MR) is 66.6 cm³/mol. The molecule has 7 heteroatoms. The third-order valence-electron chi connectivity index (χ3n) is 3.51. The van der Waals surface area contributed by atoms with Crippen LogP contribution in [-0.4, -0.2) is 21.9 Å². The van der Waals surface area contributed by atoms with Gasteiger partial charge in [-0.05, 0) is 37.8 Å². The summed E-state index contributed by atoms with van der Waals surface area (Å²) in [5, 5.41) is 16.2. The summed E-state index contributed by atoms with van der Waals surface area (Å²) in [5.41, 5.74) is -1.74. The predicted octanol–water partition coefficient (Wildman–Crippen LogP) is 2.57. The smallest absolute Gasteiger partial charge is 0.298 e. The molecule has 0 aliphatic heterocycles. The molecule has 1 aliphatic carbocycles. The molecule has 1 unspecified atom stereocenters. The molecule has 1 aromatic heterocycles. The van der Waals surface area contributed by atoms with Crippen LogP contribution in [0.5, 0.6) is 0 Å². The van der Waals surface area contributed by atoms with Crippen LogP contribution in [0.2, 0.25) is 0 Å². The zero-order valence-corrected chi connectivity index (χ0v) is 11.2. The molecule has 0 amide bonds. The van der Waals surface area contributed by atoms with Crippen molar-refractivity contribution in [1.82, 2.24) is 15.1 Å². The van der Waals surface area contributed by atoms with Crippen LogP contribution in [-0.2, 0) is 12.7 Å². The second kappa shape index (κ2) is 5.44. The minimum atomic E-state index is -4.45. The molecule has 1 saturated carbocycles. The summed E-state index contributed by atoms with van der Waals surface area (Å²) < 4.78 is 38.8. The van der Waals surface area contributed by atoms with Crippen molar-refractivity contribution in [2.24, 2.45) is 5.92 Å². The first kappa shape index (κ1) is 14.9. The topological polar surface area (TPSA) is 53.6 Å². The molecule has 2 rings (SSSR count). The van der Waals surface area contributed by atoms with Gasteiger partial charge in [-0.1, -0.05) is 6.92 Å². The van der Waals surface area contributed by atoms with Gasteiger partial charge in [0.1, 0.15) is 5.54 Å². The van der Waals surface area contributed by atoms with Gasteiger partial charge in [0.15, 0.2) is 5.69 Å². The normalized spacial score (nSPS) is 18.6. The Labute approximate surface area is 115 Å². The van der Waals surface area contributed by atoms with Gasteiger partial charge in [-0.3, -0.25) is 10.00 Å². The number of rotatable bonds is 6. The van der Waals surface area contributed by atoms with Crippen LogP contribution < -0.4 is 5.32 Å². The van der Waals surface area contributed by atoms with Crippen LogP contribution >= 0.6 is 0 Å². The SMILES string of the molecule is CCCNC(C#N)(Cn1ccc(C(F)(F)F)n1)C1CC1. The van der Waals surface area contributed by atoms with Gasteiger partial charge in [0.25, 0.3) is 0 Å². The zero-order chi connectivity index (χ0) is 14.8. The van der Waals surface area contributed by atoms with E-state index in [4.69, 9.17) is 0 Å². The minimum Gasteiger partial charge on any atom is -0.298 e. The highest BCUT2D eigenvalue weighted by Crippen LogP contribution is 2.40. The Bertz CT molecular complexity index is 498. The standard InChI is InChI=1S/C13H17F3N4/c1-2-6-18-12(8-17,10-3-4-10)9-20-7-5-11(19-20)13(14,15)16/h5,7,10,18H,2-4,6,9H2,1H3. The lowest BCUT2D eigenvalue weighted by Gasteiger charge is -2.28. The fourth-order valence-corrected chi connectivity index (χ4v) is 2.28. The molecule has 0 aromatic carbocycles. The monoisotopic (exact) mass is 286 g/mol. The molecule has 0 spiro atoms. The molecular formula is C13H17F3N4. The van der Waals surface area contributed by atoms with Crippen LogP contribution in [0.1, 0.15) is 31.9 Å². The number of aromatic nitrogens is 2. The summed E-state index contributed by atoms with van der Waals surface area (Å²) >= 11 is 0. The number of alkyl halides is 3. The van der Waals surface area contributed by atoms with E-state index in [0.29, 0.717) is 6.54 Å². The number of hydrogen-bond donors (Lipinski definition) is 1. The lowest BCUT2D eigenvalue weighted by atomic mass is 9.94. The summed E-state index contributed by atoms with van der Waals surface area (Å²) in [7, 11) is 0. The summed E-state index contributed by atoms with van der Waals surface area (Å²) in [5.74, 6) is 0.192. The number of nitrogens with zero attached hydrogens (tertiary/aromatic N) is 3. The van der Waals surface area contributed by atoms with E-state index < -0.39 is 17.4 Å². The molecule has 1 atom stereocenters. The summed E-state index contributed by atoms with van der Waals surface area (Å²) in [6.45, 7) is 2.79. The molecule has 1 fully saturated rings. The van der Waals surface area contributed by atoms with Crippen LogP contribution in [0.15, 0.2) is 12.3 Å². The highest BCUT2D eigenvalue weighted by Gasteiger charge is 2.46. The summed E-state index contributed by atoms with van der Waals surface area (Å²) in [6, 6.07) is 3.19. The van der Waals surface area contributed by atoms with Gasteiger partial charge in [-0.2, -0.15) is 23.5 Å². The number of nitriles is 1. The molecule has 0 bridgehead atoms. The molecule has 4 nitrogen and oxygen atoms in total. The van der Waals surface area contributed by atoms with E-state index in [1.807, 2.05) is 6.92 Å². The molecule has 110 valence electrons. The molecular weight excluding hydrogens is 269 g/mol. The van der Waals surface area contributed by atoms with Gasteiger partial charge < -0.3 is 0 Å². The first-order valence-corrected chi connectivity index (χ1v) is 6.68. The van der Waals surface area contributed by atoms with Crippen molar-refractivity contribution in [1.29, 1.82) is 5.26 Å². The minimum absolute atomic E-state index is 0.143. The fraction of sp³-hybridized carbons (Fsp3) is 0.692. The Kier molecular flexibility index (Phi) is 4.04. The molecule has 1 heterocycles. The highest BCUT2D eigenvalue weighted by atomic mass is 19.4. The molecule has 1 aromatic rings. The maximum absolute atomic E-state index is 12.5. The van der Waals surface area contributed by atoms with E-state index in [2.05, 4.69) is 16.5 Å². The third-order valence-corrected chi connectivity index (χ3v) is 3.51. The van der Waals surface area contributed by atoms with E-state index in [1.54, 1.807) is 0 Å². The first-order chi connectivity index (χ1) is 9.41. The van der Waals surface area contributed by atoms with Crippen LogP contribution in [0.3, 0.4) is 0 Å². The number of halogens is 3. The summed E-state index contributed by atoms with van der Waals surface area (Å²) in [6.07, 6.45) is -0.444. The molecule has 1 N–H and O–H groups in total. The van der Waals surface area contributed by atoms with Gasteiger partial charge in [0, 0.05) is 6.20 Å². The van der Waals surface area contributed by atoms with Crippen molar-refractivity contribution >= 4 is 0 Å². The maximum Gasteiger partial charge on any atom is 0.435 e. The number of nitrogens with one attached hydrogen (secondary N) is 1. The molecule has 20 heavy (non-hydrogen) atoms. The second-order valence-electron chi connectivity index (χ2n) is 5.18. The van der Waals surface area contributed by atoms with Crippen molar-refractivity contribution in [3.63, 3.8) is 0 Å². The quantitative estimate of drug-likeness (QED) is 0.874. The van der Waals surface area contributed by atoms with Gasteiger partial charge in [-0.15, -0.1) is 0 Å². The second-order valence-corrected chi connectivity index (χ2v) is 5.18. The van der Waals surface area contributed by atoms with Crippen LogP contribution in [0.25, 0.3) is 0 Å². The first-order valence-electron chi connectivity index (χ1n) is 6.68. The van der Waals surface area contributed by atoms with E-state index in [0.717, 1.165) is 25.3 Å². The maximum atomic E-state index is 12.5. The third kappa shape index (κ3) is 3.12. The van der Waals surface area contributed by atoms with Crippen LogP contribution in [0, 0.1) is 17.2 Å². The largest absolute Gasteiger partial charge is 0.435 e. The Balaban J connectivity index is 2.16. The van der Waals surface area contributed by atoms with Crippen molar-refractivity contribution in [2.75, 3.05) is 6.54 Å².